The molecule has 0 aromatic carbocycles. The number of hydrogen-bond acceptors (Lipinski definition) is 4. The lowest BCUT2D eigenvalue weighted by atomic mass is 10.2. The summed E-state index contributed by atoms with van der Waals surface area (Å²) in [5.41, 5.74) is 0.929. The van der Waals surface area contributed by atoms with Gasteiger partial charge in [-0.05, 0) is 23.9 Å². The molecular weight excluding hydrogens is 242 g/mol. The van der Waals surface area contributed by atoms with E-state index in [-0.39, 0.29) is 19.1 Å². The number of carbonyl (C=O) groups is 2. The van der Waals surface area contributed by atoms with Crippen LogP contribution >= 0.6 is 11.3 Å². The average Bonchev–Trinajstić information content (AvgIpc) is 2.74. The van der Waals surface area contributed by atoms with E-state index in [1.165, 1.54) is 11.3 Å². The molecule has 1 aliphatic rings. The van der Waals surface area contributed by atoms with Crippen LogP contribution < -0.4 is 0 Å². The Morgan fingerprint density at radius 2 is 2.35 bits per heavy atom. The monoisotopic (exact) mass is 255 g/mol. The van der Waals surface area contributed by atoms with Crippen LogP contribution in [0.25, 0.3) is 0 Å². The Labute approximate surface area is 103 Å². The van der Waals surface area contributed by atoms with Gasteiger partial charge in [0.25, 0.3) is 5.91 Å². The number of morpholine rings is 1. The van der Waals surface area contributed by atoms with Crippen molar-refractivity contribution in [2.75, 3.05) is 19.7 Å². The third-order valence-corrected chi connectivity index (χ3v) is 3.69. The van der Waals surface area contributed by atoms with Gasteiger partial charge in [0.15, 0.2) is 6.10 Å². The second-order valence-corrected chi connectivity index (χ2v) is 4.80. The highest BCUT2D eigenvalue weighted by molar-refractivity contribution is 7.12. The minimum absolute atomic E-state index is 0.105. The molecule has 1 aromatic rings. The van der Waals surface area contributed by atoms with Gasteiger partial charge >= 0.3 is 5.97 Å². The van der Waals surface area contributed by atoms with Gasteiger partial charge in [0, 0.05) is 6.54 Å². The molecule has 6 heteroatoms. The lowest BCUT2D eigenvalue weighted by Gasteiger charge is -2.30. The molecular formula is C11H13NO4S. The smallest absolute Gasteiger partial charge is 0.334 e. The predicted molar refractivity (Wildman–Crippen MR) is 62.3 cm³/mol. The highest BCUT2D eigenvalue weighted by Crippen LogP contribution is 2.19. The average molecular weight is 255 g/mol. The third-order valence-electron chi connectivity index (χ3n) is 2.69. The fourth-order valence-corrected chi connectivity index (χ4v) is 2.61. The van der Waals surface area contributed by atoms with Gasteiger partial charge < -0.3 is 14.7 Å². The van der Waals surface area contributed by atoms with Crippen molar-refractivity contribution in [3.8, 4) is 0 Å². The SMILES string of the molecule is Cc1ccsc1C(=O)N1CCOC(C(=O)O)C1. The highest BCUT2D eigenvalue weighted by Gasteiger charge is 2.30. The molecule has 1 aliphatic heterocycles. The third kappa shape index (κ3) is 2.48. The molecule has 1 aromatic heterocycles. The molecule has 0 spiro atoms. The Morgan fingerprint density at radius 1 is 1.59 bits per heavy atom. The zero-order chi connectivity index (χ0) is 12.4. The molecule has 0 saturated carbocycles. The number of nitrogens with zero attached hydrogens (tertiary/aromatic N) is 1. The molecule has 2 rings (SSSR count). The number of amides is 1. The Kier molecular flexibility index (Phi) is 3.44. The first-order valence-electron chi connectivity index (χ1n) is 5.27. The lowest BCUT2D eigenvalue weighted by Crippen LogP contribution is -2.48. The maximum atomic E-state index is 12.1. The topological polar surface area (TPSA) is 66.8 Å². The van der Waals surface area contributed by atoms with Gasteiger partial charge in [-0.1, -0.05) is 0 Å². The van der Waals surface area contributed by atoms with Crippen molar-refractivity contribution in [2.45, 2.75) is 13.0 Å². The zero-order valence-electron chi connectivity index (χ0n) is 9.38. The lowest BCUT2D eigenvalue weighted by molar-refractivity contribution is -0.154. The number of ether oxygens (including phenoxy) is 1. The molecule has 17 heavy (non-hydrogen) atoms. The van der Waals surface area contributed by atoms with E-state index in [0.29, 0.717) is 11.4 Å². The van der Waals surface area contributed by atoms with E-state index in [1.807, 2.05) is 18.4 Å². The largest absolute Gasteiger partial charge is 0.479 e. The maximum absolute atomic E-state index is 12.1. The van der Waals surface area contributed by atoms with E-state index in [9.17, 15) is 9.59 Å². The van der Waals surface area contributed by atoms with Crippen LogP contribution in [0.3, 0.4) is 0 Å². The van der Waals surface area contributed by atoms with Crippen molar-refractivity contribution in [3.05, 3.63) is 21.9 Å². The first kappa shape index (κ1) is 12.1. The molecule has 92 valence electrons. The molecule has 1 amide bonds. The van der Waals surface area contributed by atoms with E-state index in [0.717, 1.165) is 5.56 Å². The Hall–Kier alpha value is -1.40. The summed E-state index contributed by atoms with van der Waals surface area (Å²) in [4.78, 5) is 25.2. The summed E-state index contributed by atoms with van der Waals surface area (Å²) in [5.74, 6) is -1.13. The van der Waals surface area contributed by atoms with Crippen LogP contribution in [0.5, 0.6) is 0 Å². The molecule has 1 unspecified atom stereocenters. The molecule has 1 saturated heterocycles. The number of hydrogen-bond donors (Lipinski definition) is 1. The number of rotatable bonds is 2. The Balaban J connectivity index is 2.10. The van der Waals surface area contributed by atoms with Crippen molar-refractivity contribution in [2.24, 2.45) is 0 Å². The first-order valence-corrected chi connectivity index (χ1v) is 6.15. The van der Waals surface area contributed by atoms with Crippen molar-refractivity contribution < 1.29 is 19.4 Å². The minimum atomic E-state index is -1.02. The van der Waals surface area contributed by atoms with Crippen LogP contribution in [-0.2, 0) is 9.53 Å². The maximum Gasteiger partial charge on any atom is 0.334 e. The van der Waals surface area contributed by atoms with Gasteiger partial charge in [-0.25, -0.2) is 4.79 Å². The van der Waals surface area contributed by atoms with E-state index < -0.39 is 12.1 Å². The standard InChI is InChI=1S/C11H13NO4S/c1-7-2-5-17-9(7)10(13)12-3-4-16-8(6-12)11(14)15/h2,5,8H,3-4,6H2,1H3,(H,14,15). The highest BCUT2D eigenvalue weighted by atomic mass is 32.1. The Bertz CT molecular complexity index is 442. The minimum Gasteiger partial charge on any atom is -0.479 e. The predicted octanol–water partition coefficient (Wildman–Crippen LogP) is 0.982. The van der Waals surface area contributed by atoms with Crippen molar-refractivity contribution in [3.63, 3.8) is 0 Å². The van der Waals surface area contributed by atoms with Crippen LogP contribution in [0.15, 0.2) is 11.4 Å². The molecule has 2 heterocycles. The van der Waals surface area contributed by atoms with E-state index in [4.69, 9.17) is 9.84 Å². The molecule has 1 N–H and O–H groups in total. The Morgan fingerprint density at radius 3 is 2.94 bits per heavy atom. The molecule has 0 bridgehead atoms. The van der Waals surface area contributed by atoms with E-state index in [2.05, 4.69) is 0 Å². The van der Waals surface area contributed by atoms with Gasteiger partial charge in [0.1, 0.15) is 0 Å². The summed E-state index contributed by atoms with van der Waals surface area (Å²) in [6, 6.07) is 1.88. The van der Waals surface area contributed by atoms with Gasteiger partial charge in [0.2, 0.25) is 0 Å². The summed E-state index contributed by atoms with van der Waals surface area (Å²) in [7, 11) is 0. The summed E-state index contributed by atoms with van der Waals surface area (Å²) in [6.45, 7) is 2.71. The van der Waals surface area contributed by atoms with E-state index in [1.54, 1.807) is 4.90 Å². The normalized spacial score (nSPS) is 20.3. The fraction of sp³-hybridized carbons (Fsp3) is 0.455. The van der Waals surface area contributed by atoms with Crippen LogP contribution in [-0.4, -0.2) is 47.7 Å². The summed E-state index contributed by atoms with van der Waals surface area (Å²) < 4.78 is 5.08. The number of thiophene rings is 1. The summed E-state index contributed by atoms with van der Waals surface area (Å²) >= 11 is 1.38. The number of aryl methyl sites for hydroxylation is 1. The number of carboxylic acid groups (broad SMARTS) is 1. The van der Waals surface area contributed by atoms with Crippen LogP contribution in [0.2, 0.25) is 0 Å². The van der Waals surface area contributed by atoms with Crippen molar-refractivity contribution in [1.29, 1.82) is 0 Å². The molecule has 5 nitrogen and oxygen atoms in total. The van der Waals surface area contributed by atoms with Crippen LogP contribution in [0, 0.1) is 6.92 Å². The van der Waals surface area contributed by atoms with Crippen molar-refractivity contribution in [1.82, 2.24) is 4.90 Å². The van der Waals surface area contributed by atoms with Crippen LogP contribution in [0.1, 0.15) is 15.2 Å². The van der Waals surface area contributed by atoms with Crippen LogP contribution in [0.4, 0.5) is 0 Å². The molecule has 1 fully saturated rings. The molecule has 0 aliphatic carbocycles. The summed E-state index contributed by atoms with van der Waals surface area (Å²) in [5, 5.41) is 10.7. The quantitative estimate of drug-likeness (QED) is 0.855. The van der Waals surface area contributed by atoms with Gasteiger partial charge in [-0.2, -0.15) is 0 Å². The number of carboxylic acids is 1. The summed E-state index contributed by atoms with van der Waals surface area (Å²) in [6.07, 6.45) is -0.909. The van der Waals surface area contributed by atoms with Gasteiger partial charge in [-0.3, -0.25) is 4.79 Å². The first-order chi connectivity index (χ1) is 8.09. The second-order valence-electron chi connectivity index (χ2n) is 3.88. The van der Waals surface area contributed by atoms with Crippen molar-refractivity contribution >= 4 is 23.2 Å². The number of carbonyl (C=O) groups excluding carboxylic acids is 1. The molecule has 1 atom stereocenters. The van der Waals surface area contributed by atoms with E-state index >= 15 is 0 Å². The second kappa shape index (κ2) is 4.85. The molecule has 0 radical (unpaired) electrons. The number of aliphatic carboxylic acids is 1. The zero-order valence-corrected chi connectivity index (χ0v) is 10.2. The van der Waals surface area contributed by atoms with Gasteiger partial charge in [0.05, 0.1) is 18.0 Å². The fourth-order valence-electron chi connectivity index (χ4n) is 1.72. The van der Waals surface area contributed by atoms with Gasteiger partial charge in [-0.15, -0.1) is 11.3 Å².